The Kier molecular flexibility index (Phi) is 5.47. The minimum Gasteiger partial charge on any atom is -0.478 e. The molecule has 0 aliphatic carbocycles. The van der Waals surface area contributed by atoms with Crippen molar-refractivity contribution < 1.29 is 23.1 Å². The summed E-state index contributed by atoms with van der Waals surface area (Å²) in [6.07, 6.45) is 0. The Morgan fingerprint density at radius 2 is 1.95 bits per heavy atom. The van der Waals surface area contributed by atoms with Crippen LogP contribution in [0.3, 0.4) is 0 Å². The number of aromatic carboxylic acids is 1. The SMILES string of the molecule is NS(=O)(=O)CCNC(=O)NCc1cccc(C(=O)O)c1. The van der Waals surface area contributed by atoms with Crippen molar-refractivity contribution >= 4 is 22.0 Å². The summed E-state index contributed by atoms with van der Waals surface area (Å²) >= 11 is 0. The number of carbonyl (C=O) groups excluding carboxylic acids is 1. The zero-order valence-electron chi connectivity index (χ0n) is 10.5. The first-order valence-electron chi connectivity index (χ1n) is 5.62. The molecule has 0 bridgehead atoms. The van der Waals surface area contributed by atoms with E-state index < -0.39 is 22.0 Å². The molecule has 8 nitrogen and oxygen atoms in total. The van der Waals surface area contributed by atoms with Crippen molar-refractivity contribution in [2.45, 2.75) is 6.54 Å². The quantitative estimate of drug-likeness (QED) is 0.559. The van der Waals surface area contributed by atoms with Gasteiger partial charge in [0.05, 0.1) is 11.3 Å². The van der Waals surface area contributed by atoms with Crippen LogP contribution in [0.2, 0.25) is 0 Å². The predicted octanol–water partition coefficient (Wildman–Crippen LogP) is -0.527. The molecule has 9 heteroatoms. The van der Waals surface area contributed by atoms with E-state index in [2.05, 4.69) is 10.6 Å². The van der Waals surface area contributed by atoms with E-state index in [1.54, 1.807) is 12.1 Å². The molecule has 1 aromatic carbocycles. The topological polar surface area (TPSA) is 139 Å². The number of carbonyl (C=O) groups is 2. The van der Waals surface area contributed by atoms with Gasteiger partial charge in [-0.15, -0.1) is 0 Å². The van der Waals surface area contributed by atoms with Crippen LogP contribution >= 0.6 is 0 Å². The van der Waals surface area contributed by atoms with Crippen LogP contribution < -0.4 is 15.8 Å². The summed E-state index contributed by atoms with van der Waals surface area (Å²) in [5.41, 5.74) is 0.741. The summed E-state index contributed by atoms with van der Waals surface area (Å²) < 4.78 is 21.3. The van der Waals surface area contributed by atoms with E-state index in [1.165, 1.54) is 12.1 Å². The first-order chi connectivity index (χ1) is 9.28. The highest BCUT2D eigenvalue weighted by atomic mass is 32.2. The molecule has 0 saturated carbocycles. The van der Waals surface area contributed by atoms with Gasteiger partial charge in [-0.3, -0.25) is 0 Å². The second-order valence-electron chi connectivity index (χ2n) is 3.98. The van der Waals surface area contributed by atoms with Gasteiger partial charge in [-0.05, 0) is 17.7 Å². The molecule has 0 saturated heterocycles. The van der Waals surface area contributed by atoms with E-state index in [1.807, 2.05) is 0 Å². The number of sulfonamides is 1. The predicted molar refractivity (Wildman–Crippen MR) is 71.6 cm³/mol. The number of carboxylic acid groups (broad SMARTS) is 1. The summed E-state index contributed by atoms with van der Waals surface area (Å²) in [5.74, 6) is -1.40. The number of nitrogens with one attached hydrogen (secondary N) is 2. The number of benzene rings is 1. The number of hydrogen-bond donors (Lipinski definition) is 4. The average molecular weight is 301 g/mol. The monoisotopic (exact) mass is 301 g/mol. The van der Waals surface area contributed by atoms with Crippen molar-refractivity contribution in [2.75, 3.05) is 12.3 Å². The van der Waals surface area contributed by atoms with E-state index in [-0.39, 0.29) is 24.4 Å². The van der Waals surface area contributed by atoms with E-state index in [0.29, 0.717) is 5.56 Å². The maximum atomic E-state index is 11.3. The molecule has 0 unspecified atom stereocenters. The van der Waals surface area contributed by atoms with Crippen LogP contribution in [-0.4, -0.2) is 37.8 Å². The smallest absolute Gasteiger partial charge is 0.335 e. The molecule has 1 aromatic rings. The van der Waals surface area contributed by atoms with Crippen molar-refractivity contribution in [3.8, 4) is 0 Å². The molecule has 0 radical (unpaired) electrons. The Bertz CT molecular complexity index is 600. The maximum absolute atomic E-state index is 11.3. The second-order valence-corrected chi connectivity index (χ2v) is 5.72. The van der Waals surface area contributed by atoms with Gasteiger partial charge in [0.15, 0.2) is 0 Å². The number of carboxylic acids is 1. The normalized spacial score (nSPS) is 10.8. The molecule has 0 aromatic heterocycles. The Balaban J connectivity index is 2.41. The van der Waals surface area contributed by atoms with Crippen LogP contribution in [0.1, 0.15) is 15.9 Å². The zero-order valence-corrected chi connectivity index (χ0v) is 11.3. The molecule has 20 heavy (non-hydrogen) atoms. The van der Waals surface area contributed by atoms with Crippen LogP contribution in [0, 0.1) is 0 Å². The summed E-state index contributed by atoms with van der Waals surface area (Å²) in [6.45, 7) is 0.0299. The molecule has 2 amide bonds. The molecule has 0 fully saturated rings. The molecule has 5 N–H and O–H groups in total. The van der Waals surface area contributed by atoms with Crippen LogP contribution in [0.15, 0.2) is 24.3 Å². The van der Waals surface area contributed by atoms with Crippen molar-refractivity contribution in [1.29, 1.82) is 0 Å². The highest BCUT2D eigenvalue weighted by molar-refractivity contribution is 7.89. The number of amides is 2. The maximum Gasteiger partial charge on any atom is 0.335 e. The highest BCUT2D eigenvalue weighted by Crippen LogP contribution is 2.04. The Hall–Kier alpha value is -2.13. The van der Waals surface area contributed by atoms with Crippen LogP contribution in [0.5, 0.6) is 0 Å². The lowest BCUT2D eigenvalue weighted by molar-refractivity contribution is 0.0696. The van der Waals surface area contributed by atoms with Crippen molar-refractivity contribution in [1.82, 2.24) is 10.6 Å². The summed E-state index contributed by atoms with van der Waals surface area (Å²) in [6, 6.07) is 5.55. The van der Waals surface area contributed by atoms with Gasteiger partial charge in [-0.1, -0.05) is 12.1 Å². The fourth-order valence-electron chi connectivity index (χ4n) is 1.37. The van der Waals surface area contributed by atoms with Gasteiger partial charge in [0.25, 0.3) is 0 Å². The molecule has 0 atom stereocenters. The Morgan fingerprint density at radius 3 is 2.55 bits per heavy atom. The fourth-order valence-corrected chi connectivity index (χ4v) is 1.75. The standard InChI is InChI=1S/C11H15N3O5S/c12-20(18,19)5-4-13-11(17)14-7-8-2-1-3-9(6-8)10(15)16/h1-3,6H,4-5,7H2,(H,15,16)(H2,12,18,19)(H2,13,14,17). The van der Waals surface area contributed by atoms with Crippen molar-refractivity contribution in [2.24, 2.45) is 5.14 Å². The Morgan fingerprint density at radius 1 is 1.25 bits per heavy atom. The van der Waals surface area contributed by atoms with Gasteiger partial charge < -0.3 is 15.7 Å². The highest BCUT2D eigenvalue weighted by Gasteiger charge is 2.06. The Labute approximate surface area is 116 Å². The minimum absolute atomic E-state index is 0.0974. The van der Waals surface area contributed by atoms with Crippen molar-refractivity contribution in [3.05, 3.63) is 35.4 Å². The second kappa shape index (κ2) is 6.87. The number of hydrogen-bond acceptors (Lipinski definition) is 4. The first kappa shape index (κ1) is 15.9. The van der Waals surface area contributed by atoms with Crippen LogP contribution in [0.25, 0.3) is 0 Å². The van der Waals surface area contributed by atoms with Crippen molar-refractivity contribution in [3.63, 3.8) is 0 Å². The first-order valence-corrected chi connectivity index (χ1v) is 7.34. The molecule has 0 heterocycles. The minimum atomic E-state index is -3.61. The number of primary sulfonamides is 1. The number of urea groups is 1. The lowest BCUT2D eigenvalue weighted by atomic mass is 10.1. The van der Waals surface area contributed by atoms with E-state index in [0.717, 1.165) is 0 Å². The summed E-state index contributed by atoms with van der Waals surface area (Å²) in [5, 5.41) is 18.4. The van der Waals surface area contributed by atoms with Gasteiger partial charge in [0.1, 0.15) is 0 Å². The molecule has 0 aliphatic heterocycles. The lowest BCUT2D eigenvalue weighted by Crippen LogP contribution is -2.38. The van der Waals surface area contributed by atoms with E-state index >= 15 is 0 Å². The number of nitrogens with two attached hydrogens (primary N) is 1. The largest absolute Gasteiger partial charge is 0.478 e. The molecule has 0 aliphatic rings. The third kappa shape index (κ3) is 6.16. The summed E-state index contributed by atoms with van der Waals surface area (Å²) in [4.78, 5) is 22.1. The van der Waals surface area contributed by atoms with Gasteiger partial charge >= 0.3 is 12.0 Å². The molecule has 0 spiro atoms. The average Bonchev–Trinajstić information content (AvgIpc) is 2.35. The van der Waals surface area contributed by atoms with Crippen LogP contribution in [0.4, 0.5) is 4.79 Å². The molecular weight excluding hydrogens is 286 g/mol. The molecule has 110 valence electrons. The van der Waals surface area contributed by atoms with E-state index in [9.17, 15) is 18.0 Å². The van der Waals surface area contributed by atoms with E-state index in [4.69, 9.17) is 10.2 Å². The number of rotatable bonds is 6. The lowest BCUT2D eigenvalue weighted by Gasteiger charge is -2.07. The van der Waals surface area contributed by atoms with Gasteiger partial charge in [-0.2, -0.15) is 0 Å². The van der Waals surface area contributed by atoms with Gasteiger partial charge in [0, 0.05) is 13.1 Å². The molecular formula is C11H15N3O5S. The molecule has 1 rings (SSSR count). The van der Waals surface area contributed by atoms with Crippen LogP contribution in [-0.2, 0) is 16.6 Å². The zero-order chi connectivity index (χ0) is 15.2. The summed E-state index contributed by atoms with van der Waals surface area (Å²) in [7, 11) is -3.61. The van der Waals surface area contributed by atoms with Gasteiger partial charge in [-0.25, -0.2) is 23.1 Å². The third-order valence-corrected chi connectivity index (χ3v) is 3.07. The third-order valence-electron chi connectivity index (χ3n) is 2.30. The fraction of sp³-hybridized carbons (Fsp3) is 0.273. The van der Waals surface area contributed by atoms with Gasteiger partial charge in [0.2, 0.25) is 10.0 Å².